The summed E-state index contributed by atoms with van der Waals surface area (Å²) in [5.41, 5.74) is 3.76. The molecule has 0 spiro atoms. The van der Waals surface area contributed by atoms with Crippen molar-refractivity contribution in [3.63, 3.8) is 0 Å². The zero-order valence-electron chi connectivity index (χ0n) is 20.6. The van der Waals surface area contributed by atoms with Gasteiger partial charge in [-0.3, -0.25) is 19.2 Å². The molecule has 2 aromatic heterocycles. The number of aromatic nitrogens is 3. The molecule has 10 heteroatoms. The average molecular weight is 520 g/mol. The van der Waals surface area contributed by atoms with E-state index in [-0.39, 0.29) is 18.4 Å². The van der Waals surface area contributed by atoms with E-state index in [0.717, 1.165) is 65.6 Å². The lowest BCUT2D eigenvalue weighted by Gasteiger charge is -2.32. The SMILES string of the molecule is CCOc1ccc(-c2nc(CC(=O)NC3CCN(Cc4cccc(-c5noc(=O)[nH]5)c4)CC3)cs2)cc1. The summed E-state index contributed by atoms with van der Waals surface area (Å²) in [7, 11) is 0. The number of benzene rings is 2. The van der Waals surface area contributed by atoms with Crippen LogP contribution in [0.15, 0.2) is 63.2 Å². The summed E-state index contributed by atoms with van der Waals surface area (Å²) >= 11 is 1.55. The van der Waals surface area contributed by atoms with Gasteiger partial charge >= 0.3 is 5.76 Å². The van der Waals surface area contributed by atoms with Crippen LogP contribution in [0, 0.1) is 0 Å². The number of ether oxygens (including phenoxy) is 1. The lowest BCUT2D eigenvalue weighted by molar-refractivity contribution is -0.121. The van der Waals surface area contributed by atoms with Crippen LogP contribution >= 0.6 is 11.3 Å². The van der Waals surface area contributed by atoms with Crippen molar-refractivity contribution in [2.45, 2.75) is 38.8 Å². The van der Waals surface area contributed by atoms with Gasteiger partial charge in [0.05, 0.1) is 18.7 Å². The van der Waals surface area contributed by atoms with Gasteiger partial charge in [0, 0.05) is 42.2 Å². The van der Waals surface area contributed by atoms with E-state index >= 15 is 0 Å². The van der Waals surface area contributed by atoms with E-state index < -0.39 is 5.76 Å². The molecule has 0 unspecified atom stereocenters. The largest absolute Gasteiger partial charge is 0.494 e. The number of aromatic amines is 1. The van der Waals surface area contributed by atoms with Crippen molar-refractivity contribution in [2.24, 2.45) is 0 Å². The van der Waals surface area contributed by atoms with E-state index in [1.165, 1.54) is 0 Å². The highest BCUT2D eigenvalue weighted by atomic mass is 32.1. The third-order valence-electron chi connectivity index (χ3n) is 6.31. The van der Waals surface area contributed by atoms with Crippen molar-refractivity contribution >= 4 is 17.2 Å². The molecule has 37 heavy (non-hydrogen) atoms. The maximum absolute atomic E-state index is 12.7. The molecule has 4 aromatic rings. The van der Waals surface area contributed by atoms with Crippen molar-refractivity contribution in [2.75, 3.05) is 19.7 Å². The molecule has 0 saturated carbocycles. The van der Waals surface area contributed by atoms with Crippen molar-refractivity contribution in [3.05, 3.63) is 75.7 Å². The highest BCUT2D eigenvalue weighted by Crippen LogP contribution is 2.26. The van der Waals surface area contributed by atoms with Crippen molar-refractivity contribution in [1.82, 2.24) is 25.3 Å². The number of hydrogen-bond donors (Lipinski definition) is 2. The van der Waals surface area contributed by atoms with Gasteiger partial charge < -0.3 is 10.1 Å². The van der Waals surface area contributed by atoms with E-state index in [4.69, 9.17) is 4.74 Å². The first kappa shape index (κ1) is 24.9. The summed E-state index contributed by atoms with van der Waals surface area (Å²) < 4.78 is 10.1. The highest BCUT2D eigenvalue weighted by molar-refractivity contribution is 7.13. The Morgan fingerprint density at radius 2 is 2.00 bits per heavy atom. The van der Waals surface area contributed by atoms with Crippen LogP contribution in [-0.4, -0.2) is 51.7 Å². The minimum Gasteiger partial charge on any atom is -0.494 e. The Morgan fingerprint density at radius 1 is 1.19 bits per heavy atom. The third-order valence-corrected chi connectivity index (χ3v) is 7.25. The minimum absolute atomic E-state index is 0.0105. The number of amides is 1. The molecule has 3 heterocycles. The second kappa shape index (κ2) is 11.5. The summed E-state index contributed by atoms with van der Waals surface area (Å²) in [4.78, 5) is 33.5. The zero-order chi connectivity index (χ0) is 25.6. The van der Waals surface area contributed by atoms with Crippen LogP contribution in [0.4, 0.5) is 0 Å². The second-order valence-corrected chi connectivity index (χ2v) is 9.90. The normalized spacial score (nSPS) is 14.5. The molecule has 0 bridgehead atoms. The number of carbonyl (C=O) groups excluding carboxylic acids is 1. The van der Waals surface area contributed by atoms with E-state index in [2.05, 4.69) is 35.9 Å². The van der Waals surface area contributed by atoms with Gasteiger partial charge in [0.2, 0.25) is 5.91 Å². The van der Waals surface area contributed by atoms with Gasteiger partial charge in [-0.1, -0.05) is 23.4 Å². The monoisotopic (exact) mass is 519 g/mol. The molecule has 5 rings (SSSR count). The van der Waals surface area contributed by atoms with Crippen LogP contribution < -0.4 is 15.8 Å². The number of piperidine rings is 1. The quantitative estimate of drug-likeness (QED) is 0.345. The summed E-state index contributed by atoms with van der Waals surface area (Å²) in [6.45, 7) is 5.19. The van der Waals surface area contributed by atoms with E-state index in [0.29, 0.717) is 12.4 Å². The van der Waals surface area contributed by atoms with Crippen molar-refractivity contribution in [1.29, 1.82) is 0 Å². The van der Waals surface area contributed by atoms with Crippen LogP contribution in [0.25, 0.3) is 22.0 Å². The fourth-order valence-electron chi connectivity index (χ4n) is 4.49. The summed E-state index contributed by atoms with van der Waals surface area (Å²) in [6.07, 6.45) is 2.08. The molecule has 0 radical (unpaired) electrons. The maximum Gasteiger partial charge on any atom is 0.439 e. The molecule has 9 nitrogen and oxygen atoms in total. The number of hydrogen-bond acceptors (Lipinski definition) is 8. The number of nitrogens with one attached hydrogen (secondary N) is 2. The number of nitrogens with zero attached hydrogens (tertiary/aromatic N) is 3. The summed E-state index contributed by atoms with van der Waals surface area (Å²) in [5.74, 6) is 0.717. The molecule has 1 fully saturated rings. The first-order chi connectivity index (χ1) is 18.1. The minimum atomic E-state index is -0.563. The lowest BCUT2D eigenvalue weighted by atomic mass is 10.0. The second-order valence-electron chi connectivity index (χ2n) is 9.04. The van der Waals surface area contributed by atoms with Crippen LogP contribution in [-0.2, 0) is 17.8 Å². The van der Waals surface area contributed by atoms with E-state index in [1.807, 2.05) is 54.8 Å². The van der Waals surface area contributed by atoms with Crippen molar-refractivity contribution < 1.29 is 14.1 Å². The Hall–Kier alpha value is -3.76. The van der Waals surface area contributed by atoms with E-state index in [1.54, 1.807) is 11.3 Å². The smallest absolute Gasteiger partial charge is 0.439 e. The summed E-state index contributed by atoms with van der Waals surface area (Å²) in [5, 5.41) is 9.80. The third kappa shape index (κ3) is 6.52. The first-order valence-electron chi connectivity index (χ1n) is 12.4. The predicted molar refractivity (Wildman–Crippen MR) is 141 cm³/mol. The fourth-order valence-corrected chi connectivity index (χ4v) is 5.32. The topological polar surface area (TPSA) is 113 Å². The van der Waals surface area contributed by atoms with Gasteiger partial charge in [-0.15, -0.1) is 11.3 Å². The Kier molecular flexibility index (Phi) is 7.76. The van der Waals surface area contributed by atoms with Gasteiger partial charge in [-0.05, 0) is 55.7 Å². The molecule has 2 aromatic carbocycles. The van der Waals surface area contributed by atoms with Gasteiger partial charge in [-0.25, -0.2) is 9.78 Å². The fraction of sp³-hybridized carbons (Fsp3) is 0.333. The molecule has 1 amide bonds. The van der Waals surface area contributed by atoms with Gasteiger partial charge in [0.15, 0.2) is 5.82 Å². The van der Waals surface area contributed by atoms with Crippen LogP contribution in [0.5, 0.6) is 5.75 Å². The molecule has 0 atom stereocenters. The molecule has 0 aliphatic carbocycles. The molecular formula is C27H29N5O4S. The van der Waals surface area contributed by atoms with Crippen molar-refractivity contribution in [3.8, 4) is 27.7 Å². The van der Waals surface area contributed by atoms with Gasteiger partial charge in [0.1, 0.15) is 10.8 Å². The average Bonchev–Trinajstić information content (AvgIpc) is 3.55. The zero-order valence-corrected chi connectivity index (χ0v) is 21.4. The Balaban J connectivity index is 1.08. The maximum atomic E-state index is 12.7. The molecule has 1 aliphatic heterocycles. The number of likely N-dealkylation sites (tertiary alicyclic amines) is 1. The van der Waals surface area contributed by atoms with Crippen LogP contribution in [0.1, 0.15) is 31.0 Å². The number of H-pyrrole nitrogens is 1. The highest BCUT2D eigenvalue weighted by Gasteiger charge is 2.21. The summed E-state index contributed by atoms with van der Waals surface area (Å²) in [6, 6.07) is 15.9. The predicted octanol–water partition coefficient (Wildman–Crippen LogP) is 3.88. The lowest BCUT2D eigenvalue weighted by Crippen LogP contribution is -2.44. The standard InChI is InChI=1S/C27H29N5O4S/c1-2-35-23-8-6-19(7-9-23)26-29-22(17-37-26)15-24(33)28-21-10-12-32(13-11-21)16-18-4-3-5-20(14-18)25-30-27(34)36-31-25/h3-9,14,17,21H,2,10-13,15-16H2,1H3,(H,28,33)(H,30,31,34). The number of carbonyl (C=O) groups is 1. The van der Waals surface area contributed by atoms with Gasteiger partial charge in [0.25, 0.3) is 0 Å². The van der Waals surface area contributed by atoms with Gasteiger partial charge in [-0.2, -0.15) is 0 Å². The Labute approximate surface area is 218 Å². The molecule has 2 N–H and O–H groups in total. The van der Waals surface area contributed by atoms with Crippen LogP contribution in [0.2, 0.25) is 0 Å². The molecule has 192 valence electrons. The van der Waals surface area contributed by atoms with E-state index in [9.17, 15) is 9.59 Å². The molecular weight excluding hydrogens is 490 g/mol. The van der Waals surface area contributed by atoms with Crippen LogP contribution in [0.3, 0.4) is 0 Å². The molecule has 1 aliphatic rings. The number of rotatable bonds is 9. The Morgan fingerprint density at radius 3 is 2.73 bits per heavy atom. The number of thiazole rings is 1. The molecule has 1 saturated heterocycles. The first-order valence-corrected chi connectivity index (χ1v) is 13.3. The Bertz CT molecular complexity index is 1390.